The van der Waals surface area contributed by atoms with Crippen LogP contribution in [0.15, 0.2) is 24.5 Å². The number of aryl methyl sites for hydroxylation is 1. The predicted octanol–water partition coefficient (Wildman–Crippen LogP) is 3.86. The van der Waals surface area contributed by atoms with Gasteiger partial charge in [-0.15, -0.1) is 11.3 Å². The first-order valence-electron chi connectivity index (χ1n) is 12.7. The number of thioether (sulfide) groups is 1. The summed E-state index contributed by atoms with van der Waals surface area (Å²) in [6, 6.07) is 5.04. The van der Waals surface area contributed by atoms with Crippen LogP contribution in [-0.4, -0.2) is 56.0 Å². The van der Waals surface area contributed by atoms with Gasteiger partial charge in [-0.3, -0.25) is 4.79 Å². The maximum atomic E-state index is 13.8. The number of nitrogens with zero attached hydrogens (tertiary/aromatic N) is 3. The number of rotatable bonds is 8. The summed E-state index contributed by atoms with van der Waals surface area (Å²) in [5.41, 5.74) is 1.74. The maximum absolute atomic E-state index is 13.8. The van der Waals surface area contributed by atoms with E-state index in [4.69, 9.17) is 0 Å². The molecule has 3 amide bonds. The smallest absolute Gasteiger partial charge is 0.315 e. The number of aromatic nitrogens is 3. The molecule has 194 valence electrons. The zero-order valence-electron chi connectivity index (χ0n) is 20.1. The minimum absolute atomic E-state index is 0.0111. The van der Waals surface area contributed by atoms with Crippen LogP contribution in [0.3, 0.4) is 0 Å². The lowest BCUT2D eigenvalue weighted by Crippen LogP contribution is -2.36. The standard InChI is InChI=1S/C25H28FN7O2S2/c26-13-5-7-16-15(9-13)23(28-12-27-16)29-14-6-8-17-20(10-14)37-25(31-17)32-21(34)4-2-1-3-19-22-18(11-36-19)30-24(35)33-22/h5,7,9,12,14,18-19,22H,1-4,6,8,10-11H2,(H,27,28,29)(H2,30,33,35)(H,31,32,34). The lowest BCUT2D eigenvalue weighted by atomic mass is 9.97. The number of hydrogen-bond acceptors (Lipinski definition) is 8. The van der Waals surface area contributed by atoms with Gasteiger partial charge in [-0.2, -0.15) is 11.8 Å². The summed E-state index contributed by atoms with van der Waals surface area (Å²) in [6.45, 7) is 0. The number of benzene rings is 1. The molecule has 9 nitrogen and oxygen atoms in total. The number of thiazole rings is 1. The first-order valence-corrected chi connectivity index (χ1v) is 14.5. The van der Waals surface area contributed by atoms with E-state index in [9.17, 15) is 14.0 Å². The Morgan fingerprint density at radius 1 is 1.22 bits per heavy atom. The number of hydrogen-bond donors (Lipinski definition) is 4. The highest BCUT2D eigenvalue weighted by Gasteiger charge is 2.42. The Morgan fingerprint density at radius 3 is 3.05 bits per heavy atom. The molecule has 3 aliphatic rings. The van der Waals surface area contributed by atoms with E-state index in [1.165, 1.54) is 29.8 Å². The highest BCUT2D eigenvalue weighted by atomic mass is 32.2. The number of urea groups is 1. The first-order chi connectivity index (χ1) is 18.0. The third kappa shape index (κ3) is 5.35. The van der Waals surface area contributed by atoms with E-state index >= 15 is 0 Å². The quantitative estimate of drug-likeness (QED) is 0.252. The Bertz CT molecular complexity index is 1340. The van der Waals surface area contributed by atoms with Gasteiger partial charge in [0.15, 0.2) is 5.13 Å². The van der Waals surface area contributed by atoms with E-state index < -0.39 is 0 Å². The van der Waals surface area contributed by atoms with E-state index in [0.717, 1.165) is 54.8 Å². The number of carbonyl (C=O) groups excluding carboxylic acids is 2. The van der Waals surface area contributed by atoms with Crippen LogP contribution in [-0.2, 0) is 17.6 Å². The zero-order chi connectivity index (χ0) is 25.4. The van der Waals surface area contributed by atoms with Crippen molar-refractivity contribution in [2.24, 2.45) is 0 Å². The van der Waals surface area contributed by atoms with Crippen molar-refractivity contribution in [1.82, 2.24) is 25.6 Å². The average molecular weight is 542 g/mol. The maximum Gasteiger partial charge on any atom is 0.315 e. The van der Waals surface area contributed by atoms with Crippen LogP contribution in [0.4, 0.5) is 20.1 Å². The van der Waals surface area contributed by atoms with Crippen molar-refractivity contribution in [3.63, 3.8) is 0 Å². The SMILES string of the molecule is O=C(CCCCC1SCC2NC(=O)NC21)Nc1nc2c(s1)CC(Nc1ncnc3ccc(F)cc13)CC2. The molecule has 2 aliphatic heterocycles. The number of unbranched alkanes of at least 4 members (excludes halogenated alkanes) is 1. The van der Waals surface area contributed by atoms with Crippen molar-refractivity contribution in [1.29, 1.82) is 0 Å². The molecule has 2 fully saturated rings. The summed E-state index contributed by atoms with van der Waals surface area (Å²) in [6.07, 6.45) is 7.17. The molecule has 0 saturated carbocycles. The molecule has 0 radical (unpaired) electrons. The Balaban J connectivity index is 0.985. The van der Waals surface area contributed by atoms with Crippen molar-refractivity contribution < 1.29 is 14.0 Å². The molecule has 4 heterocycles. The Labute approximate surface area is 221 Å². The fourth-order valence-corrected chi connectivity index (χ4v) is 7.99. The Hall–Kier alpha value is -2.99. The van der Waals surface area contributed by atoms with Gasteiger partial charge in [0.25, 0.3) is 0 Å². The van der Waals surface area contributed by atoms with Gasteiger partial charge in [-0.25, -0.2) is 24.1 Å². The summed E-state index contributed by atoms with van der Waals surface area (Å²) in [4.78, 5) is 38.4. The molecule has 6 rings (SSSR count). The van der Waals surface area contributed by atoms with Crippen LogP contribution in [0.2, 0.25) is 0 Å². The molecule has 0 spiro atoms. The van der Waals surface area contributed by atoms with Gasteiger partial charge >= 0.3 is 6.03 Å². The van der Waals surface area contributed by atoms with Gasteiger partial charge in [0.1, 0.15) is 18.0 Å². The van der Waals surface area contributed by atoms with E-state index in [0.29, 0.717) is 33.5 Å². The van der Waals surface area contributed by atoms with Crippen LogP contribution < -0.4 is 21.3 Å². The fourth-order valence-electron chi connectivity index (χ4n) is 5.34. The summed E-state index contributed by atoms with van der Waals surface area (Å²) in [5, 5.41) is 14.2. The second-order valence-electron chi connectivity index (χ2n) is 9.77. The second kappa shape index (κ2) is 10.4. The minimum atomic E-state index is -0.315. The van der Waals surface area contributed by atoms with Crippen LogP contribution in [0.1, 0.15) is 42.7 Å². The van der Waals surface area contributed by atoms with Crippen LogP contribution in [0.25, 0.3) is 10.9 Å². The van der Waals surface area contributed by atoms with Crippen molar-refractivity contribution >= 4 is 56.9 Å². The molecule has 3 aromatic rings. The normalized spacial score (nSPS) is 24.3. The summed E-state index contributed by atoms with van der Waals surface area (Å²) in [5.74, 6) is 1.26. The Morgan fingerprint density at radius 2 is 2.14 bits per heavy atom. The van der Waals surface area contributed by atoms with Crippen LogP contribution in [0.5, 0.6) is 0 Å². The topological polar surface area (TPSA) is 121 Å². The summed E-state index contributed by atoms with van der Waals surface area (Å²) < 4.78 is 13.8. The molecular weight excluding hydrogens is 513 g/mol. The number of carbonyl (C=O) groups is 2. The average Bonchev–Trinajstić information content (AvgIpc) is 3.56. The monoisotopic (exact) mass is 541 g/mol. The van der Waals surface area contributed by atoms with Crippen molar-refractivity contribution in [3.05, 3.63) is 40.9 Å². The van der Waals surface area contributed by atoms with Crippen LogP contribution >= 0.6 is 23.1 Å². The predicted molar refractivity (Wildman–Crippen MR) is 144 cm³/mol. The molecular formula is C25H28FN7O2S2. The number of fused-ring (bicyclic) bond motifs is 3. The molecule has 2 aromatic heterocycles. The molecule has 1 aliphatic carbocycles. The third-order valence-electron chi connectivity index (χ3n) is 7.20. The largest absolute Gasteiger partial charge is 0.366 e. The van der Waals surface area contributed by atoms with Crippen LogP contribution in [0, 0.1) is 5.82 Å². The molecule has 37 heavy (non-hydrogen) atoms. The highest BCUT2D eigenvalue weighted by molar-refractivity contribution is 8.00. The van der Waals surface area contributed by atoms with Gasteiger partial charge in [-0.1, -0.05) is 6.42 Å². The van der Waals surface area contributed by atoms with Gasteiger partial charge in [0, 0.05) is 40.1 Å². The van der Waals surface area contributed by atoms with Crippen molar-refractivity contribution in [3.8, 4) is 0 Å². The van der Waals surface area contributed by atoms with Gasteiger partial charge in [-0.05, 0) is 43.9 Å². The van der Waals surface area contributed by atoms with Gasteiger partial charge in [0.2, 0.25) is 5.91 Å². The fraction of sp³-hybridized carbons (Fsp3) is 0.480. The third-order valence-corrected chi connectivity index (χ3v) is 9.75. The lowest BCUT2D eigenvalue weighted by Gasteiger charge is -2.23. The van der Waals surface area contributed by atoms with E-state index in [-0.39, 0.29) is 35.9 Å². The molecule has 12 heteroatoms. The highest BCUT2D eigenvalue weighted by Crippen LogP contribution is 2.34. The molecule has 4 N–H and O–H groups in total. The van der Waals surface area contributed by atoms with E-state index in [2.05, 4.69) is 36.2 Å². The van der Waals surface area contributed by atoms with E-state index in [1.54, 1.807) is 6.07 Å². The molecule has 0 bridgehead atoms. The second-order valence-corrected chi connectivity index (χ2v) is 12.1. The van der Waals surface area contributed by atoms with Gasteiger partial charge < -0.3 is 21.3 Å². The number of halogens is 1. The lowest BCUT2D eigenvalue weighted by molar-refractivity contribution is -0.116. The summed E-state index contributed by atoms with van der Waals surface area (Å²) >= 11 is 3.43. The number of amides is 3. The summed E-state index contributed by atoms with van der Waals surface area (Å²) in [7, 11) is 0. The van der Waals surface area contributed by atoms with Crippen molar-refractivity contribution in [2.75, 3.05) is 16.4 Å². The molecule has 4 atom stereocenters. The van der Waals surface area contributed by atoms with E-state index in [1.807, 2.05) is 11.8 Å². The first kappa shape index (κ1) is 24.4. The van der Waals surface area contributed by atoms with Gasteiger partial charge in [0.05, 0.1) is 23.3 Å². The molecule has 4 unspecified atom stereocenters. The molecule has 1 aromatic carbocycles. The zero-order valence-corrected chi connectivity index (χ0v) is 21.8. The number of anilines is 2. The Kier molecular flexibility index (Phi) is 6.85. The minimum Gasteiger partial charge on any atom is -0.366 e. The van der Waals surface area contributed by atoms with Crippen molar-refractivity contribution in [2.45, 2.75) is 68.3 Å². The number of nitrogens with one attached hydrogen (secondary N) is 4. The molecule has 2 saturated heterocycles.